The third-order valence-electron chi connectivity index (χ3n) is 0.827. The van der Waals surface area contributed by atoms with Crippen LogP contribution in [0.4, 0.5) is 0 Å². The van der Waals surface area contributed by atoms with Crippen molar-refractivity contribution >= 4 is 6.41 Å². The predicted octanol–water partition coefficient (Wildman–Crippen LogP) is 0.144. The molecule has 8 heavy (non-hydrogen) atoms. The van der Waals surface area contributed by atoms with Crippen LogP contribution in [0.25, 0.3) is 0 Å². The van der Waals surface area contributed by atoms with Gasteiger partial charge in [0.2, 0.25) is 6.41 Å². The fourth-order valence-electron chi connectivity index (χ4n) is 0.510. The Balaban J connectivity index is 0. The van der Waals surface area contributed by atoms with E-state index >= 15 is 0 Å². The first kappa shape index (κ1) is 7.43. The average Bonchev–Trinajstić information content (AvgIpc) is 2.17. The Hall–Kier alpha value is -0.570. The van der Waals surface area contributed by atoms with E-state index in [-0.39, 0.29) is 7.84 Å². The second-order valence-corrected chi connectivity index (χ2v) is 1.46. The van der Waals surface area contributed by atoms with E-state index in [1.165, 1.54) is 12.8 Å². The minimum atomic E-state index is 0. The molecule has 0 radical (unpaired) electrons. The largest absolute Gasteiger partial charge is 0.381 e. The van der Waals surface area contributed by atoms with Crippen molar-refractivity contribution in [2.45, 2.75) is 12.8 Å². The first-order chi connectivity index (χ1) is 3.91. The summed E-state index contributed by atoms with van der Waals surface area (Å²) >= 11 is 0. The predicted molar refractivity (Wildman–Crippen MR) is 32.4 cm³/mol. The van der Waals surface area contributed by atoms with E-state index in [0.29, 0.717) is 0 Å². The zero-order valence-electron chi connectivity index (χ0n) is 4.80. The molecular weight excluding hydrogens is 106 g/mol. The van der Waals surface area contributed by atoms with Gasteiger partial charge in [-0.05, 0) is 12.8 Å². The first-order valence-corrected chi connectivity index (χ1v) is 2.65. The van der Waals surface area contributed by atoms with Gasteiger partial charge in [0, 0.05) is 14.6 Å². The molecule has 1 amide bonds. The molecule has 0 aromatic carbocycles. The number of hydrogen-bond acceptors (Lipinski definition) is 2. The number of amides is 1. The Kier molecular flexibility index (Phi) is 5.97. The van der Waals surface area contributed by atoms with Crippen LogP contribution in [0.5, 0.6) is 0 Å². The number of ether oxygens (including phenoxy) is 1. The van der Waals surface area contributed by atoms with E-state index in [2.05, 4.69) is 5.73 Å². The van der Waals surface area contributed by atoms with Crippen molar-refractivity contribution in [3.05, 3.63) is 0 Å². The third kappa shape index (κ3) is 5.43. The highest BCUT2D eigenvalue weighted by atomic mass is 16.5. The lowest BCUT2D eigenvalue weighted by Gasteiger charge is -1.76. The molecule has 1 fully saturated rings. The lowest BCUT2D eigenvalue weighted by molar-refractivity contribution is -0.106. The third-order valence-corrected chi connectivity index (χ3v) is 0.827. The SMILES string of the molecule is C1CCOC1.NC=O.[HH]. The normalized spacial score (nSPS) is 16.5. The molecule has 1 rings (SSSR count). The van der Waals surface area contributed by atoms with Crippen molar-refractivity contribution < 1.29 is 11.0 Å². The summed E-state index contributed by atoms with van der Waals surface area (Å²) in [6, 6.07) is 0. The molecule has 0 aromatic heterocycles. The maximum Gasteiger partial charge on any atom is 0.204 e. The number of nitrogens with two attached hydrogens (primary N) is 1. The van der Waals surface area contributed by atoms with Crippen LogP contribution < -0.4 is 5.73 Å². The lowest BCUT2D eigenvalue weighted by Crippen LogP contribution is -1.82. The molecule has 3 nitrogen and oxygen atoms in total. The molecule has 3 heteroatoms. The van der Waals surface area contributed by atoms with Crippen molar-refractivity contribution in [3.8, 4) is 0 Å². The Morgan fingerprint density at radius 1 is 1.50 bits per heavy atom. The summed E-state index contributed by atoms with van der Waals surface area (Å²) in [4.78, 5) is 8.58. The Morgan fingerprint density at radius 3 is 2.00 bits per heavy atom. The van der Waals surface area contributed by atoms with Gasteiger partial charge in [0.25, 0.3) is 0 Å². The monoisotopic (exact) mass is 119 g/mol. The molecule has 1 aliphatic rings. The topological polar surface area (TPSA) is 52.3 Å². The van der Waals surface area contributed by atoms with E-state index in [0.717, 1.165) is 13.2 Å². The molecular formula is C5H13NO2. The Bertz CT molecular complexity index is 49.3. The van der Waals surface area contributed by atoms with E-state index in [4.69, 9.17) is 9.53 Å². The molecule has 1 heterocycles. The highest BCUT2D eigenvalue weighted by Crippen LogP contribution is 1.98. The van der Waals surface area contributed by atoms with Crippen LogP contribution in [0, 0.1) is 0 Å². The van der Waals surface area contributed by atoms with E-state index < -0.39 is 0 Å². The second kappa shape index (κ2) is 6.43. The summed E-state index contributed by atoms with van der Waals surface area (Å²) in [7, 11) is 0. The highest BCUT2D eigenvalue weighted by molar-refractivity contribution is 5.42. The molecule has 50 valence electrons. The molecule has 0 unspecified atom stereocenters. The molecule has 2 N–H and O–H groups in total. The molecule has 0 atom stereocenters. The Labute approximate surface area is 50.3 Å². The Morgan fingerprint density at radius 2 is 1.88 bits per heavy atom. The van der Waals surface area contributed by atoms with Crippen LogP contribution in [-0.4, -0.2) is 19.6 Å². The van der Waals surface area contributed by atoms with Gasteiger partial charge >= 0.3 is 0 Å². The van der Waals surface area contributed by atoms with Gasteiger partial charge in [-0.1, -0.05) is 0 Å². The molecule has 0 spiro atoms. The number of primary amides is 1. The van der Waals surface area contributed by atoms with Crippen molar-refractivity contribution in [1.82, 2.24) is 0 Å². The average molecular weight is 119 g/mol. The molecule has 1 saturated heterocycles. The number of rotatable bonds is 0. The highest BCUT2D eigenvalue weighted by Gasteiger charge is 1.94. The number of hydrogen-bond donors (Lipinski definition) is 1. The zero-order chi connectivity index (χ0) is 6.24. The standard InChI is InChI=1S/C4H8O.CH3NO.H2/c1-2-4-5-3-1;2-1-3;/h1-4H2;1H,(H2,2,3);1H. The summed E-state index contributed by atoms with van der Waals surface area (Å²) in [5.41, 5.74) is 4.17. The van der Waals surface area contributed by atoms with Gasteiger partial charge in [-0.2, -0.15) is 0 Å². The molecule has 1 aliphatic heterocycles. The van der Waals surface area contributed by atoms with E-state index in [9.17, 15) is 0 Å². The van der Waals surface area contributed by atoms with Gasteiger partial charge in [0.05, 0.1) is 0 Å². The smallest absolute Gasteiger partial charge is 0.204 e. The van der Waals surface area contributed by atoms with Crippen LogP contribution in [0.15, 0.2) is 0 Å². The van der Waals surface area contributed by atoms with Crippen molar-refractivity contribution in [2.24, 2.45) is 5.73 Å². The summed E-state index contributed by atoms with van der Waals surface area (Å²) < 4.78 is 4.94. The van der Waals surface area contributed by atoms with Crippen LogP contribution in [0.2, 0.25) is 0 Å². The minimum Gasteiger partial charge on any atom is -0.381 e. The van der Waals surface area contributed by atoms with Gasteiger partial charge in [0.1, 0.15) is 0 Å². The van der Waals surface area contributed by atoms with Crippen molar-refractivity contribution in [2.75, 3.05) is 13.2 Å². The van der Waals surface area contributed by atoms with Gasteiger partial charge < -0.3 is 10.5 Å². The van der Waals surface area contributed by atoms with Crippen LogP contribution in [0.1, 0.15) is 14.3 Å². The van der Waals surface area contributed by atoms with Crippen molar-refractivity contribution in [3.63, 3.8) is 0 Å². The molecule has 0 aliphatic carbocycles. The summed E-state index contributed by atoms with van der Waals surface area (Å²) in [5.74, 6) is 0. The number of carbonyl (C=O) groups excluding carboxylic acids is 1. The van der Waals surface area contributed by atoms with E-state index in [1.54, 1.807) is 0 Å². The van der Waals surface area contributed by atoms with Crippen LogP contribution >= 0.6 is 0 Å². The van der Waals surface area contributed by atoms with Crippen LogP contribution in [-0.2, 0) is 9.53 Å². The van der Waals surface area contributed by atoms with Gasteiger partial charge in [-0.25, -0.2) is 0 Å². The first-order valence-electron chi connectivity index (χ1n) is 2.65. The van der Waals surface area contributed by atoms with E-state index in [1.807, 2.05) is 0 Å². The summed E-state index contributed by atoms with van der Waals surface area (Å²) in [5, 5.41) is 0. The van der Waals surface area contributed by atoms with Gasteiger partial charge in [-0.3, -0.25) is 4.79 Å². The molecule has 0 aromatic rings. The zero-order valence-corrected chi connectivity index (χ0v) is 4.80. The van der Waals surface area contributed by atoms with Crippen molar-refractivity contribution in [1.29, 1.82) is 0 Å². The fourth-order valence-corrected chi connectivity index (χ4v) is 0.510. The van der Waals surface area contributed by atoms with Crippen LogP contribution in [0.3, 0.4) is 0 Å². The fraction of sp³-hybridized carbons (Fsp3) is 0.800. The maximum atomic E-state index is 8.58. The second-order valence-electron chi connectivity index (χ2n) is 1.46. The summed E-state index contributed by atoms with van der Waals surface area (Å²) in [6.45, 7) is 2.00. The van der Waals surface area contributed by atoms with Gasteiger partial charge in [-0.15, -0.1) is 0 Å². The number of carbonyl (C=O) groups is 1. The quantitative estimate of drug-likeness (QED) is 0.461. The minimum absolute atomic E-state index is 0. The van der Waals surface area contributed by atoms with Gasteiger partial charge in [0.15, 0.2) is 0 Å². The maximum absolute atomic E-state index is 8.58. The molecule has 0 bridgehead atoms. The summed E-state index contributed by atoms with van der Waals surface area (Å²) in [6.07, 6.45) is 2.81. The lowest BCUT2D eigenvalue weighted by atomic mass is 10.4. The molecule has 0 saturated carbocycles.